The van der Waals surface area contributed by atoms with Crippen molar-refractivity contribution in [2.75, 3.05) is 18.4 Å². The van der Waals surface area contributed by atoms with Gasteiger partial charge in [0.1, 0.15) is 5.82 Å². The van der Waals surface area contributed by atoms with Crippen molar-refractivity contribution in [3.63, 3.8) is 0 Å². The van der Waals surface area contributed by atoms with E-state index in [1.54, 1.807) is 0 Å². The van der Waals surface area contributed by atoms with Crippen LogP contribution in [0.15, 0.2) is 12.1 Å². The number of hydrogen-bond donors (Lipinski definition) is 1. The fourth-order valence-corrected chi connectivity index (χ4v) is 2.87. The molecule has 0 bridgehead atoms. The van der Waals surface area contributed by atoms with Gasteiger partial charge in [-0.15, -0.1) is 0 Å². The number of likely N-dealkylation sites (tertiary alicyclic amines) is 1. The molecule has 1 atom stereocenters. The maximum atomic E-state index is 6.32. The van der Waals surface area contributed by atoms with Crippen LogP contribution in [0.2, 0.25) is 5.02 Å². The van der Waals surface area contributed by atoms with Crippen LogP contribution in [-0.2, 0) is 6.54 Å². The van der Waals surface area contributed by atoms with E-state index in [2.05, 4.69) is 29.0 Å². The third kappa shape index (κ3) is 4.35. The molecule has 1 aliphatic heterocycles. The maximum absolute atomic E-state index is 6.32. The van der Waals surface area contributed by atoms with Gasteiger partial charge in [0.05, 0.1) is 10.7 Å². The zero-order valence-corrected chi connectivity index (χ0v) is 13.4. The van der Waals surface area contributed by atoms with Crippen molar-refractivity contribution in [3.8, 4) is 0 Å². The first kappa shape index (κ1) is 15.6. The molecule has 1 N–H and O–H groups in total. The summed E-state index contributed by atoms with van der Waals surface area (Å²) in [6.07, 6.45) is 6.36. The molecule has 2 heterocycles. The zero-order valence-electron chi connectivity index (χ0n) is 12.7. The van der Waals surface area contributed by atoms with Gasteiger partial charge < -0.3 is 5.32 Å². The number of pyridine rings is 1. The lowest BCUT2D eigenvalue weighted by Crippen LogP contribution is -2.32. The Bertz CT molecular complexity index is 422. The smallest absolute Gasteiger partial charge is 0.126 e. The van der Waals surface area contributed by atoms with Gasteiger partial charge in [0.2, 0.25) is 0 Å². The zero-order chi connectivity index (χ0) is 14.4. The van der Waals surface area contributed by atoms with E-state index in [1.165, 1.54) is 25.7 Å². The van der Waals surface area contributed by atoms with E-state index >= 15 is 0 Å². The lowest BCUT2D eigenvalue weighted by molar-refractivity contribution is 0.202. The van der Waals surface area contributed by atoms with Crippen LogP contribution >= 0.6 is 11.6 Å². The second-order valence-corrected chi connectivity index (χ2v) is 6.13. The minimum atomic E-state index is 0.627. The van der Waals surface area contributed by atoms with Gasteiger partial charge in [0.15, 0.2) is 0 Å². The highest BCUT2D eigenvalue weighted by Crippen LogP contribution is 2.23. The number of anilines is 1. The van der Waals surface area contributed by atoms with E-state index in [-0.39, 0.29) is 0 Å². The minimum absolute atomic E-state index is 0.627. The highest BCUT2D eigenvalue weighted by Gasteiger charge is 2.18. The molecule has 1 unspecified atom stereocenters. The van der Waals surface area contributed by atoms with Crippen molar-refractivity contribution in [2.24, 2.45) is 0 Å². The van der Waals surface area contributed by atoms with Crippen LogP contribution in [0.5, 0.6) is 0 Å². The quantitative estimate of drug-likeness (QED) is 0.877. The van der Waals surface area contributed by atoms with Gasteiger partial charge in [-0.05, 0) is 44.9 Å². The standard InChI is InChI=1S/C16H26ClN3/c1-3-10-18-16-9-8-14(17)15(19-16)12-20-11-6-4-5-7-13(20)2/h8-9,13H,3-7,10-12H2,1-2H3,(H,18,19). The molecule has 1 fully saturated rings. The topological polar surface area (TPSA) is 28.2 Å². The molecule has 1 saturated heterocycles. The van der Waals surface area contributed by atoms with E-state index in [4.69, 9.17) is 11.6 Å². The van der Waals surface area contributed by atoms with Crippen LogP contribution in [0.25, 0.3) is 0 Å². The Balaban J connectivity index is 2.06. The molecule has 2 rings (SSSR count). The maximum Gasteiger partial charge on any atom is 0.126 e. The summed E-state index contributed by atoms with van der Waals surface area (Å²) in [7, 11) is 0. The molecule has 0 aromatic carbocycles. The molecule has 1 aliphatic rings. The Morgan fingerprint density at radius 2 is 2.20 bits per heavy atom. The molecule has 0 saturated carbocycles. The van der Waals surface area contributed by atoms with Crippen LogP contribution in [0.3, 0.4) is 0 Å². The summed E-state index contributed by atoms with van der Waals surface area (Å²) < 4.78 is 0. The Labute approximate surface area is 127 Å². The summed E-state index contributed by atoms with van der Waals surface area (Å²) >= 11 is 6.32. The van der Waals surface area contributed by atoms with Crippen molar-refractivity contribution in [1.29, 1.82) is 0 Å². The van der Waals surface area contributed by atoms with Gasteiger partial charge >= 0.3 is 0 Å². The molecule has 3 nitrogen and oxygen atoms in total. The lowest BCUT2D eigenvalue weighted by Gasteiger charge is -2.26. The second-order valence-electron chi connectivity index (χ2n) is 5.72. The van der Waals surface area contributed by atoms with E-state index < -0.39 is 0 Å². The molecule has 0 amide bonds. The van der Waals surface area contributed by atoms with Crippen LogP contribution in [0.4, 0.5) is 5.82 Å². The first-order valence-electron chi connectivity index (χ1n) is 7.84. The second kappa shape index (κ2) is 7.84. The number of hydrogen-bond acceptors (Lipinski definition) is 3. The average Bonchev–Trinajstić information content (AvgIpc) is 2.65. The van der Waals surface area contributed by atoms with E-state index in [0.29, 0.717) is 6.04 Å². The minimum Gasteiger partial charge on any atom is -0.370 e. The first-order valence-corrected chi connectivity index (χ1v) is 8.22. The molecule has 1 aromatic heterocycles. The predicted molar refractivity (Wildman–Crippen MR) is 86.4 cm³/mol. The van der Waals surface area contributed by atoms with Crippen LogP contribution in [0, 0.1) is 0 Å². The van der Waals surface area contributed by atoms with Gasteiger partial charge in [0.25, 0.3) is 0 Å². The summed E-state index contributed by atoms with van der Waals surface area (Å²) in [5.41, 5.74) is 1.00. The fraction of sp³-hybridized carbons (Fsp3) is 0.688. The van der Waals surface area contributed by atoms with Crippen LogP contribution in [0.1, 0.15) is 51.6 Å². The fourth-order valence-electron chi connectivity index (χ4n) is 2.71. The lowest BCUT2D eigenvalue weighted by atomic mass is 10.1. The summed E-state index contributed by atoms with van der Waals surface area (Å²) in [5, 5.41) is 4.12. The Hall–Kier alpha value is -0.800. The molecule has 0 radical (unpaired) electrons. The first-order chi connectivity index (χ1) is 9.70. The number of aromatic nitrogens is 1. The SMILES string of the molecule is CCCNc1ccc(Cl)c(CN2CCCCCC2C)n1. The van der Waals surface area contributed by atoms with Gasteiger partial charge in [-0.1, -0.05) is 31.4 Å². The van der Waals surface area contributed by atoms with E-state index in [0.717, 1.165) is 42.6 Å². The average molecular weight is 296 g/mol. The van der Waals surface area contributed by atoms with E-state index in [9.17, 15) is 0 Å². The normalized spacial score (nSPS) is 20.6. The van der Waals surface area contributed by atoms with Crippen molar-refractivity contribution in [3.05, 3.63) is 22.8 Å². The molecule has 112 valence electrons. The highest BCUT2D eigenvalue weighted by atomic mass is 35.5. The summed E-state index contributed by atoms with van der Waals surface area (Å²) in [4.78, 5) is 7.20. The molecule has 1 aromatic rings. The van der Waals surface area contributed by atoms with Gasteiger partial charge in [-0.2, -0.15) is 0 Å². The van der Waals surface area contributed by atoms with Crippen molar-refractivity contribution < 1.29 is 0 Å². The van der Waals surface area contributed by atoms with Crippen LogP contribution in [-0.4, -0.2) is 29.0 Å². The highest BCUT2D eigenvalue weighted by molar-refractivity contribution is 6.31. The van der Waals surface area contributed by atoms with Crippen molar-refractivity contribution >= 4 is 17.4 Å². The number of halogens is 1. The molecule has 4 heteroatoms. The van der Waals surface area contributed by atoms with Crippen LogP contribution < -0.4 is 5.32 Å². The summed E-state index contributed by atoms with van der Waals surface area (Å²) in [6.45, 7) is 7.45. The Morgan fingerprint density at radius 3 is 3.00 bits per heavy atom. The molecule has 20 heavy (non-hydrogen) atoms. The monoisotopic (exact) mass is 295 g/mol. The number of rotatable bonds is 5. The van der Waals surface area contributed by atoms with Gasteiger partial charge in [0, 0.05) is 19.1 Å². The molecule has 0 aliphatic carbocycles. The Kier molecular flexibility index (Phi) is 6.11. The number of nitrogens with one attached hydrogen (secondary N) is 1. The van der Waals surface area contributed by atoms with Gasteiger partial charge in [-0.25, -0.2) is 4.98 Å². The third-order valence-electron chi connectivity index (χ3n) is 4.02. The van der Waals surface area contributed by atoms with Gasteiger partial charge in [-0.3, -0.25) is 4.90 Å². The molecular weight excluding hydrogens is 270 g/mol. The third-order valence-corrected chi connectivity index (χ3v) is 4.36. The largest absolute Gasteiger partial charge is 0.370 e. The van der Waals surface area contributed by atoms with Crippen molar-refractivity contribution in [2.45, 2.75) is 58.5 Å². The number of nitrogens with zero attached hydrogens (tertiary/aromatic N) is 2. The summed E-state index contributed by atoms with van der Waals surface area (Å²) in [5.74, 6) is 0.939. The predicted octanol–water partition coefficient (Wildman–Crippen LogP) is 4.32. The summed E-state index contributed by atoms with van der Waals surface area (Å²) in [6, 6.07) is 4.56. The Morgan fingerprint density at radius 1 is 1.35 bits per heavy atom. The van der Waals surface area contributed by atoms with E-state index in [1.807, 2.05) is 12.1 Å². The molecule has 0 spiro atoms. The molecular formula is C16H26ClN3. The van der Waals surface area contributed by atoms with Crippen molar-refractivity contribution in [1.82, 2.24) is 9.88 Å².